The molecule has 8 heteroatoms. The molecule has 1 aromatic heterocycles. The van der Waals surface area contributed by atoms with Gasteiger partial charge in [-0.25, -0.2) is 8.42 Å². The molecule has 134 valence electrons. The average molecular weight is 373 g/mol. The summed E-state index contributed by atoms with van der Waals surface area (Å²) in [4.78, 5) is 13.8. The highest BCUT2D eigenvalue weighted by Gasteiger charge is 2.53. The SMILES string of the molecule is Cc1cc(S(=O)(=O)N2CC[C@@H](O)[C@@](CC3CC3)(C(=O)O)C2)c(C)s1. The number of aliphatic carboxylic acids is 1. The molecule has 1 aliphatic carbocycles. The van der Waals surface area contributed by atoms with E-state index in [0.717, 1.165) is 17.7 Å². The minimum atomic E-state index is -3.75. The van der Waals surface area contributed by atoms with Crippen molar-refractivity contribution in [3.63, 3.8) is 0 Å². The van der Waals surface area contributed by atoms with Crippen molar-refractivity contribution in [1.82, 2.24) is 4.31 Å². The zero-order valence-electron chi connectivity index (χ0n) is 13.9. The molecule has 3 rings (SSSR count). The van der Waals surface area contributed by atoms with E-state index in [-0.39, 0.29) is 30.3 Å². The van der Waals surface area contributed by atoms with Gasteiger partial charge < -0.3 is 10.2 Å². The van der Waals surface area contributed by atoms with E-state index in [2.05, 4.69) is 0 Å². The van der Waals surface area contributed by atoms with E-state index in [1.165, 1.54) is 15.6 Å². The van der Waals surface area contributed by atoms with Crippen molar-refractivity contribution in [2.45, 2.75) is 50.5 Å². The zero-order chi connectivity index (χ0) is 17.7. The Morgan fingerprint density at radius 1 is 1.38 bits per heavy atom. The quantitative estimate of drug-likeness (QED) is 0.823. The van der Waals surface area contributed by atoms with Crippen LogP contribution in [0.3, 0.4) is 0 Å². The molecule has 1 saturated heterocycles. The highest BCUT2D eigenvalue weighted by Crippen LogP contribution is 2.46. The van der Waals surface area contributed by atoms with Crippen molar-refractivity contribution in [3.05, 3.63) is 15.8 Å². The molecule has 24 heavy (non-hydrogen) atoms. The number of rotatable bonds is 5. The van der Waals surface area contributed by atoms with Crippen molar-refractivity contribution >= 4 is 27.3 Å². The molecule has 0 spiro atoms. The molecule has 2 atom stereocenters. The molecular formula is C16H23NO5S2. The van der Waals surface area contributed by atoms with Crippen LogP contribution in [0.1, 0.15) is 35.4 Å². The van der Waals surface area contributed by atoms with Gasteiger partial charge in [0.15, 0.2) is 0 Å². The number of carbonyl (C=O) groups is 1. The first-order valence-corrected chi connectivity index (χ1v) is 10.4. The van der Waals surface area contributed by atoms with Gasteiger partial charge in [-0.2, -0.15) is 4.31 Å². The first-order valence-electron chi connectivity index (χ1n) is 8.15. The Bertz CT molecular complexity index is 753. The van der Waals surface area contributed by atoms with Crippen molar-refractivity contribution < 1.29 is 23.4 Å². The van der Waals surface area contributed by atoms with Gasteiger partial charge in [-0.15, -0.1) is 11.3 Å². The van der Waals surface area contributed by atoms with Gasteiger partial charge in [-0.1, -0.05) is 12.8 Å². The lowest BCUT2D eigenvalue weighted by atomic mass is 9.74. The molecule has 0 amide bonds. The van der Waals surface area contributed by atoms with E-state index < -0.39 is 27.5 Å². The van der Waals surface area contributed by atoms with Gasteiger partial charge in [0, 0.05) is 22.8 Å². The third-order valence-electron chi connectivity index (χ3n) is 5.14. The number of aryl methyl sites for hydroxylation is 2. The summed E-state index contributed by atoms with van der Waals surface area (Å²) in [5.41, 5.74) is -1.40. The molecule has 2 heterocycles. The molecule has 2 fully saturated rings. The third kappa shape index (κ3) is 3.00. The van der Waals surface area contributed by atoms with E-state index >= 15 is 0 Å². The number of aliphatic hydroxyl groups is 1. The maximum absolute atomic E-state index is 13.0. The summed E-state index contributed by atoms with van der Waals surface area (Å²) in [5.74, 6) is -0.816. The fraction of sp³-hybridized carbons (Fsp3) is 0.688. The molecule has 1 aliphatic heterocycles. The Morgan fingerprint density at radius 3 is 2.54 bits per heavy atom. The van der Waals surface area contributed by atoms with Gasteiger partial charge in [0.25, 0.3) is 0 Å². The van der Waals surface area contributed by atoms with Crippen LogP contribution in [0.2, 0.25) is 0 Å². The van der Waals surface area contributed by atoms with Gasteiger partial charge in [0.1, 0.15) is 5.41 Å². The maximum Gasteiger partial charge on any atom is 0.313 e. The summed E-state index contributed by atoms with van der Waals surface area (Å²) in [6.07, 6.45) is 1.40. The number of aliphatic hydroxyl groups excluding tert-OH is 1. The third-order valence-corrected chi connectivity index (χ3v) is 8.20. The number of hydrogen-bond acceptors (Lipinski definition) is 5. The molecule has 0 radical (unpaired) electrons. The van der Waals surface area contributed by atoms with Crippen LogP contribution in [0, 0.1) is 25.2 Å². The van der Waals surface area contributed by atoms with E-state index in [1.807, 2.05) is 6.92 Å². The van der Waals surface area contributed by atoms with Gasteiger partial charge in [0.2, 0.25) is 10.0 Å². The van der Waals surface area contributed by atoms with E-state index in [0.29, 0.717) is 11.3 Å². The molecule has 0 unspecified atom stereocenters. The summed E-state index contributed by atoms with van der Waals surface area (Å²) in [5, 5.41) is 20.1. The van der Waals surface area contributed by atoms with Gasteiger partial charge in [-0.05, 0) is 38.7 Å². The lowest BCUT2D eigenvalue weighted by Gasteiger charge is -2.42. The number of piperidine rings is 1. The van der Waals surface area contributed by atoms with Gasteiger partial charge >= 0.3 is 5.97 Å². The van der Waals surface area contributed by atoms with Crippen LogP contribution in [-0.4, -0.2) is 48.1 Å². The number of hydrogen-bond donors (Lipinski definition) is 2. The standard InChI is InChI=1S/C16H23NO5S2/c1-10-7-13(11(2)23-10)24(21,22)17-6-5-14(18)16(9-17,15(19)20)8-12-3-4-12/h7,12,14,18H,3-6,8-9H2,1-2H3,(H,19,20)/t14-,16+/m1/s1. The average Bonchev–Trinajstić information content (AvgIpc) is 3.23. The second-order valence-electron chi connectivity index (χ2n) is 7.03. The summed E-state index contributed by atoms with van der Waals surface area (Å²) >= 11 is 1.42. The van der Waals surface area contributed by atoms with Crippen LogP contribution in [0.25, 0.3) is 0 Å². The topological polar surface area (TPSA) is 94.9 Å². The number of carboxylic acid groups (broad SMARTS) is 1. The van der Waals surface area contributed by atoms with Crippen LogP contribution >= 0.6 is 11.3 Å². The largest absolute Gasteiger partial charge is 0.481 e. The molecule has 0 aromatic carbocycles. The first kappa shape index (κ1) is 17.8. The Kier molecular flexibility index (Phi) is 4.53. The second kappa shape index (κ2) is 6.09. The maximum atomic E-state index is 13.0. The molecular weight excluding hydrogens is 350 g/mol. The smallest absolute Gasteiger partial charge is 0.313 e. The fourth-order valence-corrected chi connectivity index (χ4v) is 6.63. The molecule has 6 nitrogen and oxygen atoms in total. The lowest BCUT2D eigenvalue weighted by Crippen LogP contribution is -2.57. The molecule has 0 bridgehead atoms. The number of sulfonamides is 1. The Hall–Kier alpha value is -0.960. The Labute approximate surface area is 146 Å². The number of thiophene rings is 1. The minimum Gasteiger partial charge on any atom is -0.481 e. The Morgan fingerprint density at radius 2 is 2.04 bits per heavy atom. The number of nitrogens with zero attached hydrogens (tertiary/aromatic N) is 1. The molecule has 1 saturated carbocycles. The molecule has 2 aliphatic rings. The first-order chi connectivity index (χ1) is 11.2. The van der Waals surface area contributed by atoms with Crippen LogP contribution < -0.4 is 0 Å². The minimum absolute atomic E-state index is 0.150. The predicted molar refractivity (Wildman–Crippen MR) is 90.6 cm³/mol. The summed E-state index contributed by atoms with van der Waals surface area (Å²) in [6.45, 7) is 3.61. The zero-order valence-corrected chi connectivity index (χ0v) is 15.5. The van der Waals surface area contributed by atoms with E-state index in [9.17, 15) is 23.4 Å². The highest BCUT2D eigenvalue weighted by molar-refractivity contribution is 7.89. The van der Waals surface area contributed by atoms with Crippen molar-refractivity contribution in [1.29, 1.82) is 0 Å². The van der Waals surface area contributed by atoms with Crippen molar-refractivity contribution in [2.75, 3.05) is 13.1 Å². The molecule has 2 N–H and O–H groups in total. The highest BCUT2D eigenvalue weighted by atomic mass is 32.2. The Balaban J connectivity index is 1.94. The molecule has 1 aromatic rings. The normalized spacial score (nSPS) is 28.9. The van der Waals surface area contributed by atoms with E-state index in [4.69, 9.17) is 0 Å². The lowest BCUT2D eigenvalue weighted by molar-refractivity contribution is -0.162. The van der Waals surface area contributed by atoms with Crippen LogP contribution in [0.5, 0.6) is 0 Å². The fourth-order valence-electron chi connectivity index (χ4n) is 3.58. The second-order valence-corrected chi connectivity index (χ2v) is 10.4. The van der Waals surface area contributed by atoms with Crippen LogP contribution in [0.15, 0.2) is 11.0 Å². The van der Waals surface area contributed by atoms with Crippen molar-refractivity contribution in [2.24, 2.45) is 11.3 Å². The summed E-state index contributed by atoms with van der Waals surface area (Å²) in [6, 6.07) is 1.64. The van der Waals surface area contributed by atoms with Crippen LogP contribution in [0.4, 0.5) is 0 Å². The van der Waals surface area contributed by atoms with Gasteiger partial charge in [-0.3, -0.25) is 4.79 Å². The summed E-state index contributed by atoms with van der Waals surface area (Å²) in [7, 11) is -3.75. The number of carboxylic acids is 1. The summed E-state index contributed by atoms with van der Waals surface area (Å²) < 4.78 is 27.3. The van der Waals surface area contributed by atoms with E-state index in [1.54, 1.807) is 13.0 Å². The predicted octanol–water partition coefficient (Wildman–Crippen LogP) is 1.99. The van der Waals surface area contributed by atoms with Crippen LogP contribution in [-0.2, 0) is 14.8 Å². The van der Waals surface area contributed by atoms with Crippen molar-refractivity contribution in [3.8, 4) is 0 Å². The monoisotopic (exact) mass is 373 g/mol. The van der Waals surface area contributed by atoms with Gasteiger partial charge in [0.05, 0.1) is 11.0 Å².